The molecule has 4 rings (SSSR count). The van der Waals surface area contributed by atoms with E-state index in [9.17, 15) is 0 Å². The van der Waals surface area contributed by atoms with Crippen molar-refractivity contribution in [1.82, 2.24) is 19.7 Å². The molecule has 0 saturated carbocycles. The van der Waals surface area contributed by atoms with E-state index < -0.39 is 0 Å². The molecule has 2 atom stereocenters. The van der Waals surface area contributed by atoms with Gasteiger partial charge in [-0.3, -0.25) is 9.89 Å². The van der Waals surface area contributed by atoms with E-state index in [1.54, 1.807) is 0 Å². The van der Waals surface area contributed by atoms with E-state index >= 15 is 0 Å². The molecular weight excluding hydrogens is 465 g/mol. The molecule has 0 amide bonds. The summed E-state index contributed by atoms with van der Waals surface area (Å²) < 4.78 is 8.16. The van der Waals surface area contributed by atoms with Crippen LogP contribution in [0.25, 0.3) is 0 Å². The molecule has 0 spiro atoms. The van der Waals surface area contributed by atoms with Crippen LogP contribution in [0.2, 0.25) is 0 Å². The number of hydrogen-bond acceptors (Lipinski definition) is 3. The van der Waals surface area contributed by atoms with Crippen LogP contribution in [-0.2, 0) is 24.9 Å². The fraction of sp³-hybridized carbons (Fsp3) is 0.476. The minimum absolute atomic E-state index is 0. The number of benzene rings is 1. The number of rotatable bonds is 4. The van der Waals surface area contributed by atoms with Gasteiger partial charge in [-0.1, -0.05) is 30.3 Å². The largest absolute Gasteiger partial charge is 0.373 e. The summed E-state index contributed by atoms with van der Waals surface area (Å²) in [6.45, 7) is 5.40. The molecule has 1 aromatic carbocycles. The Kier molecular flexibility index (Phi) is 7.36. The predicted octanol–water partition coefficient (Wildman–Crippen LogP) is 2.30. The van der Waals surface area contributed by atoms with Crippen LogP contribution in [0.5, 0.6) is 0 Å². The third kappa shape index (κ3) is 4.87. The molecule has 2 aliphatic rings. The molecule has 1 N–H and O–H groups in total. The van der Waals surface area contributed by atoms with Gasteiger partial charge in [-0.05, 0) is 17.2 Å². The zero-order chi connectivity index (χ0) is 18.6. The van der Waals surface area contributed by atoms with Gasteiger partial charge < -0.3 is 19.5 Å². The maximum absolute atomic E-state index is 6.09. The Morgan fingerprint density at radius 2 is 2.00 bits per heavy atom. The first kappa shape index (κ1) is 21.1. The van der Waals surface area contributed by atoms with Gasteiger partial charge in [0.15, 0.2) is 5.96 Å². The van der Waals surface area contributed by atoms with Crippen molar-refractivity contribution in [1.29, 1.82) is 0 Å². The molecule has 2 aliphatic heterocycles. The molecule has 2 saturated heterocycles. The standard InChI is InChI=1S/C21H29N5O.HI/c1-22-21(23-12-18-8-9-24(2)13-18)26-15-19-20(16-26)27-11-10-25(19)14-17-6-4-3-5-7-17;/h3-9,13,19-20H,10-12,14-16H2,1-2H3,(H,22,23);1H. The van der Waals surface area contributed by atoms with Gasteiger partial charge in [0.1, 0.15) is 0 Å². The van der Waals surface area contributed by atoms with Gasteiger partial charge in [-0.15, -0.1) is 24.0 Å². The molecular formula is C21H30IN5O. The SMILES string of the molecule is CN=C(NCc1ccn(C)c1)N1CC2OCCN(Cc3ccccc3)C2C1.I. The first-order valence-electron chi connectivity index (χ1n) is 9.69. The van der Waals surface area contributed by atoms with Gasteiger partial charge in [0.25, 0.3) is 0 Å². The third-order valence-electron chi connectivity index (χ3n) is 5.50. The summed E-state index contributed by atoms with van der Waals surface area (Å²) in [7, 11) is 3.90. The number of halogens is 1. The number of aromatic nitrogens is 1. The van der Waals surface area contributed by atoms with Crippen molar-refractivity contribution >= 4 is 29.9 Å². The highest BCUT2D eigenvalue weighted by molar-refractivity contribution is 14.0. The molecule has 28 heavy (non-hydrogen) atoms. The van der Waals surface area contributed by atoms with Crippen LogP contribution in [0.3, 0.4) is 0 Å². The van der Waals surface area contributed by atoms with Crippen molar-refractivity contribution in [2.24, 2.45) is 12.0 Å². The van der Waals surface area contributed by atoms with Gasteiger partial charge in [-0.2, -0.15) is 0 Å². The number of hydrogen-bond donors (Lipinski definition) is 1. The molecule has 7 heteroatoms. The molecule has 0 bridgehead atoms. The van der Waals surface area contributed by atoms with E-state index in [1.165, 1.54) is 11.1 Å². The highest BCUT2D eigenvalue weighted by Gasteiger charge is 2.41. The normalized spacial score (nSPS) is 22.6. The van der Waals surface area contributed by atoms with E-state index in [2.05, 4.69) is 73.5 Å². The van der Waals surface area contributed by atoms with Gasteiger partial charge in [-0.25, -0.2) is 0 Å². The van der Waals surface area contributed by atoms with E-state index in [4.69, 9.17) is 4.74 Å². The van der Waals surface area contributed by atoms with Crippen molar-refractivity contribution in [2.75, 3.05) is 33.3 Å². The summed E-state index contributed by atoms with van der Waals surface area (Å²) in [5.74, 6) is 0.955. The quantitative estimate of drug-likeness (QED) is 0.402. The zero-order valence-electron chi connectivity index (χ0n) is 16.6. The van der Waals surface area contributed by atoms with Crippen LogP contribution in [0.15, 0.2) is 53.8 Å². The second-order valence-electron chi connectivity index (χ2n) is 7.42. The third-order valence-corrected chi connectivity index (χ3v) is 5.50. The first-order valence-corrected chi connectivity index (χ1v) is 9.69. The summed E-state index contributed by atoms with van der Waals surface area (Å²) in [5.41, 5.74) is 2.63. The van der Waals surface area contributed by atoms with Crippen LogP contribution in [-0.4, -0.2) is 65.8 Å². The Hall–Kier alpha value is -1.58. The Balaban J connectivity index is 0.00000225. The number of aryl methyl sites for hydroxylation is 1. The smallest absolute Gasteiger partial charge is 0.194 e. The summed E-state index contributed by atoms with van der Waals surface area (Å²) in [5, 5.41) is 3.50. The summed E-state index contributed by atoms with van der Waals surface area (Å²) in [6.07, 6.45) is 4.45. The minimum atomic E-state index is 0. The number of fused-ring (bicyclic) bond motifs is 1. The average Bonchev–Trinajstić information content (AvgIpc) is 3.30. The molecule has 2 unspecified atom stereocenters. The van der Waals surface area contributed by atoms with Crippen molar-refractivity contribution < 1.29 is 4.74 Å². The second kappa shape index (κ2) is 9.76. The maximum atomic E-state index is 6.09. The van der Waals surface area contributed by atoms with Gasteiger partial charge in [0, 0.05) is 59.2 Å². The van der Waals surface area contributed by atoms with Gasteiger partial charge >= 0.3 is 0 Å². The van der Waals surface area contributed by atoms with Crippen LogP contribution in [0.1, 0.15) is 11.1 Å². The van der Waals surface area contributed by atoms with Crippen molar-refractivity contribution in [2.45, 2.75) is 25.2 Å². The number of likely N-dealkylation sites (tertiary alicyclic amines) is 1. The molecule has 152 valence electrons. The lowest BCUT2D eigenvalue weighted by Crippen LogP contribution is -2.50. The molecule has 2 aromatic rings. The number of guanidine groups is 1. The highest BCUT2D eigenvalue weighted by atomic mass is 127. The average molecular weight is 495 g/mol. The molecule has 3 heterocycles. The van der Waals surface area contributed by atoms with E-state index in [1.807, 2.05) is 14.1 Å². The zero-order valence-corrected chi connectivity index (χ0v) is 19.0. The van der Waals surface area contributed by atoms with Crippen LogP contribution in [0.4, 0.5) is 0 Å². The number of nitrogens with one attached hydrogen (secondary N) is 1. The van der Waals surface area contributed by atoms with Crippen molar-refractivity contribution in [3.63, 3.8) is 0 Å². The Bertz CT molecular complexity index is 778. The summed E-state index contributed by atoms with van der Waals surface area (Å²) in [4.78, 5) is 9.41. The topological polar surface area (TPSA) is 45.0 Å². The number of ether oxygens (including phenoxy) is 1. The highest BCUT2D eigenvalue weighted by Crippen LogP contribution is 2.24. The maximum Gasteiger partial charge on any atom is 0.194 e. The lowest BCUT2D eigenvalue weighted by molar-refractivity contribution is -0.0502. The second-order valence-corrected chi connectivity index (χ2v) is 7.42. The lowest BCUT2D eigenvalue weighted by Gasteiger charge is -2.36. The van der Waals surface area contributed by atoms with Crippen LogP contribution in [0, 0.1) is 0 Å². The fourth-order valence-electron chi connectivity index (χ4n) is 4.12. The van der Waals surface area contributed by atoms with Gasteiger partial charge in [0.2, 0.25) is 0 Å². The summed E-state index contributed by atoms with van der Waals surface area (Å²) >= 11 is 0. The molecule has 2 fully saturated rings. The monoisotopic (exact) mass is 495 g/mol. The fourth-order valence-corrected chi connectivity index (χ4v) is 4.12. The molecule has 0 radical (unpaired) electrons. The van der Waals surface area contributed by atoms with Crippen LogP contribution < -0.4 is 5.32 Å². The Morgan fingerprint density at radius 3 is 2.71 bits per heavy atom. The number of morpholine rings is 1. The molecule has 6 nitrogen and oxygen atoms in total. The Labute approximate surface area is 184 Å². The first-order chi connectivity index (χ1) is 13.2. The van der Waals surface area contributed by atoms with Crippen LogP contribution >= 0.6 is 24.0 Å². The van der Waals surface area contributed by atoms with E-state index in [0.29, 0.717) is 6.04 Å². The number of aliphatic imine (C=N–C) groups is 1. The minimum Gasteiger partial charge on any atom is -0.373 e. The predicted molar refractivity (Wildman–Crippen MR) is 123 cm³/mol. The van der Waals surface area contributed by atoms with Gasteiger partial charge in [0.05, 0.1) is 18.8 Å². The van der Waals surface area contributed by atoms with Crippen molar-refractivity contribution in [3.05, 3.63) is 59.9 Å². The Morgan fingerprint density at radius 1 is 1.18 bits per heavy atom. The van der Waals surface area contributed by atoms with E-state index in [0.717, 1.165) is 45.3 Å². The van der Waals surface area contributed by atoms with E-state index in [-0.39, 0.29) is 30.1 Å². The molecule has 1 aromatic heterocycles. The number of nitrogens with zero attached hydrogens (tertiary/aromatic N) is 4. The lowest BCUT2D eigenvalue weighted by atomic mass is 10.1. The molecule has 0 aliphatic carbocycles. The summed E-state index contributed by atoms with van der Waals surface area (Å²) in [6, 6.07) is 13.3. The van der Waals surface area contributed by atoms with Crippen molar-refractivity contribution in [3.8, 4) is 0 Å².